The molecule has 120 valence electrons. The molecule has 0 aromatic heterocycles. The molecule has 1 fully saturated rings. The summed E-state index contributed by atoms with van der Waals surface area (Å²) in [6.07, 6.45) is 10.2. The topological polar surface area (TPSA) is 41.6 Å². The molecule has 2 aliphatic rings. The van der Waals surface area contributed by atoms with E-state index in [1.54, 1.807) is 0 Å². The van der Waals surface area contributed by atoms with Crippen LogP contribution in [0.2, 0.25) is 0 Å². The lowest BCUT2D eigenvalue weighted by Crippen LogP contribution is -2.44. The Labute approximate surface area is 128 Å². The number of nitrogens with one attached hydrogen (secondary N) is 1. The second-order valence-corrected chi connectivity index (χ2v) is 7.28. The monoisotopic (exact) mass is 294 g/mol. The van der Waals surface area contributed by atoms with Crippen molar-refractivity contribution in [1.29, 1.82) is 0 Å². The molecule has 0 saturated carbocycles. The lowest BCUT2D eigenvalue weighted by atomic mass is 9.94. The molecular formula is C17H30N2O2. The smallest absolute Gasteiger partial charge is 0.410 e. The van der Waals surface area contributed by atoms with Gasteiger partial charge in [-0.15, -0.1) is 0 Å². The molecule has 0 aromatic rings. The molecule has 2 unspecified atom stereocenters. The third-order valence-electron chi connectivity index (χ3n) is 4.20. The lowest BCUT2D eigenvalue weighted by Gasteiger charge is -2.29. The van der Waals surface area contributed by atoms with Gasteiger partial charge in [-0.1, -0.05) is 12.2 Å². The van der Waals surface area contributed by atoms with E-state index in [0.29, 0.717) is 6.04 Å². The molecule has 0 aromatic carbocycles. The Hall–Kier alpha value is -1.03. The molecule has 1 N–H and O–H groups in total. The Morgan fingerprint density at radius 1 is 1.29 bits per heavy atom. The van der Waals surface area contributed by atoms with Gasteiger partial charge >= 0.3 is 6.09 Å². The van der Waals surface area contributed by atoms with Crippen LogP contribution in [0, 0.1) is 5.92 Å². The van der Waals surface area contributed by atoms with E-state index in [4.69, 9.17) is 4.74 Å². The van der Waals surface area contributed by atoms with Crippen LogP contribution in [0.4, 0.5) is 4.79 Å². The molecule has 1 amide bonds. The number of ether oxygens (including phenoxy) is 1. The Morgan fingerprint density at radius 3 is 2.76 bits per heavy atom. The first kappa shape index (κ1) is 16.3. The van der Waals surface area contributed by atoms with Gasteiger partial charge in [-0.3, -0.25) is 0 Å². The van der Waals surface area contributed by atoms with Crippen molar-refractivity contribution in [1.82, 2.24) is 10.2 Å². The summed E-state index contributed by atoms with van der Waals surface area (Å²) in [6.45, 7) is 8.54. The molecule has 4 heteroatoms. The van der Waals surface area contributed by atoms with E-state index < -0.39 is 5.60 Å². The summed E-state index contributed by atoms with van der Waals surface area (Å²) < 4.78 is 5.50. The first-order valence-electron chi connectivity index (χ1n) is 8.31. The molecule has 0 bridgehead atoms. The fraction of sp³-hybridized carbons (Fsp3) is 0.824. The summed E-state index contributed by atoms with van der Waals surface area (Å²) in [6, 6.07) is 0.291. The number of carbonyl (C=O) groups excluding carboxylic acids is 1. The van der Waals surface area contributed by atoms with Gasteiger partial charge in [0.15, 0.2) is 0 Å². The van der Waals surface area contributed by atoms with E-state index >= 15 is 0 Å². The molecule has 1 aliphatic carbocycles. The Morgan fingerprint density at radius 2 is 2.10 bits per heavy atom. The van der Waals surface area contributed by atoms with Gasteiger partial charge in [-0.25, -0.2) is 4.79 Å². The van der Waals surface area contributed by atoms with Gasteiger partial charge in [-0.2, -0.15) is 0 Å². The predicted molar refractivity (Wildman–Crippen MR) is 85.3 cm³/mol. The first-order chi connectivity index (χ1) is 9.96. The van der Waals surface area contributed by atoms with Crippen molar-refractivity contribution in [3.63, 3.8) is 0 Å². The lowest BCUT2D eigenvalue weighted by molar-refractivity contribution is 0.0226. The van der Waals surface area contributed by atoms with Gasteiger partial charge in [0.1, 0.15) is 5.60 Å². The fourth-order valence-corrected chi connectivity index (χ4v) is 3.10. The Bertz CT molecular complexity index is 373. The quantitative estimate of drug-likeness (QED) is 0.809. The van der Waals surface area contributed by atoms with Gasteiger partial charge in [0.2, 0.25) is 0 Å². The molecule has 21 heavy (non-hydrogen) atoms. The minimum Gasteiger partial charge on any atom is -0.444 e. The van der Waals surface area contributed by atoms with E-state index in [1.165, 1.54) is 19.3 Å². The highest BCUT2D eigenvalue weighted by Gasteiger charge is 2.31. The molecule has 1 aliphatic heterocycles. The Kier molecular flexibility index (Phi) is 5.68. The van der Waals surface area contributed by atoms with Crippen molar-refractivity contribution in [2.75, 3.05) is 19.6 Å². The minimum atomic E-state index is -0.411. The van der Waals surface area contributed by atoms with Crippen LogP contribution in [0.5, 0.6) is 0 Å². The molecule has 2 rings (SSSR count). The zero-order valence-corrected chi connectivity index (χ0v) is 13.7. The van der Waals surface area contributed by atoms with Crippen molar-refractivity contribution in [2.45, 2.75) is 64.5 Å². The van der Waals surface area contributed by atoms with Crippen molar-refractivity contribution in [3.05, 3.63) is 12.2 Å². The highest BCUT2D eigenvalue weighted by atomic mass is 16.6. The minimum absolute atomic E-state index is 0.160. The summed E-state index contributed by atoms with van der Waals surface area (Å²) in [7, 11) is 0. The maximum absolute atomic E-state index is 12.2. The zero-order valence-electron chi connectivity index (χ0n) is 13.7. The van der Waals surface area contributed by atoms with Crippen LogP contribution in [0.1, 0.15) is 52.9 Å². The molecule has 2 atom stereocenters. The third kappa shape index (κ3) is 5.34. The average Bonchev–Trinajstić information content (AvgIpc) is 2.86. The van der Waals surface area contributed by atoms with E-state index in [2.05, 4.69) is 17.5 Å². The number of hydrogen-bond donors (Lipinski definition) is 1. The van der Waals surface area contributed by atoms with Gasteiger partial charge < -0.3 is 15.0 Å². The molecule has 4 nitrogen and oxygen atoms in total. The van der Waals surface area contributed by atoms with Crippen LogP contribution in [0.15, 0.2) is 12.2 Å². The second kappa shape index (κ2) is 7.30. The Balaban J connectivity index is 1.74. The number of hydrogen-bond acceptors (Lipinski definition) is 3. The SMILES string of the molecule is CC(C)(C)OC(=O)N1CCCC1CNCC1CC=CCC1. The maximum atomic E-state index is 12.2. The van der Waals surface area contributed by atoms with E-state index in [1.807, 2.05) is 25.7 Å². The number of nitrogens with zero attached hydrogens (tertiary/aromatic N) is 1. The summed E-state index contributed by atoms with van der Waals surface area (Å²) in [4.78, 5) is 14.1. The number of amides is 1. The van der Waals surface area contributed by atoms with Crippen LogP contribution in [0.3, 0.4) is 0 Å². The molecular weight excluding hydrogens is 264 g/mol. The molecule has 1 heterocycles. The van der Waals surface area contributed by atoms with Crippen molar-refractivity contribution < 1.29 is 9.53 Å². The number of allylic oxidation sites excluding steroid dienone is 2. The van der Waals surface area contributed by atoms with Crippen LogP contribution in [0.25, 0.3) is 0 Å². The van der Waals surface area contributed by atoms with Crippen molar-refractivity contribution in [2.24, 2.45) is 5.92 Å². The van der Waals surface area contributed by atoms with Gasteiger partial charge in [0.25, 0.3) is 0 Å². The largest absolute Gasteiger partial charge is 0.444 e. The van der Waals surface area contributed by atoms with Crippen LogP contribution in [-0.4, -0.2) is 42.3 Å². The molecule has 0 spiro atoms. The van der Waals surface area contributed by atoms with Gasteiger partial charge in [0, 0.05) is 19.1 Å². The summed E-state index contributed by atoms with van der Waals surface area (Å²) in [5.41, 5.74) is -0.411. The molecule has 0 radical (unpaired) electrons. The predicted octanol–water partition coefficient (Wildman–Crippen LogP) is 3.33. The summed E-state index contributed by atoms with van der Waals surface area (Å²) in [5.74, 6) is 0.756. The number of rotatable bonds is 4. The average molecular weight is 294 g/mol. The third-order valence-corrected chi connectivity index (χ3v) is 4.20. The van der Waals surface area contributed by atoms with Crippen LogP contribution < -0.4 is 5.32 Å². The first-order valence-corrected chi connectivity index (χ1v) is 8.31. The van der Waals surface area contributed by atoms with E-state index in [0.717, 1.165) is 38.4 Å². The second-order valence-electron chi connectivity index (χ2n) is 7.28. The van der Waals surface area contributed by atoms with E-state index in [9.17, 15) is 4.79 Å². The fourth-order valence-electron chi connectivity index (χ4n) is 3.10. The molecule has 1 saturated heterocycles. The highest BCUT2D eigenvalue weighted by Crippen LogP contribution is 2.21. The zero-order chi connectivity index (χ0) is 15.3. The van der Waals surface area contributed by atoms with Crippen molar-refractivity contribution >= 4 is 6.09 Å². The summed E-state index contributed by atoms with van der Waals surface area (Å²) >= 11 is 0. The maximum Gasteiger partial charge on any atom is 0.410 e. The van der Waals surface area contributed by atoms with E-state index in [-0.39, 0.29) is 6.09 Å². The van der Waals surface area contributed by atoms with Gasteiger partial charge in [-0.05, 0) is 65.3 Å². The van der Waals surface area contributed by atoms with Crippen LogP contribution >= 0.6 is 0 Å². The normalized spacial score (nSPS) is 26.1. The number of likely N-dealkylation sites (tertiary alicyclic amines) is 1. The van der Waals surface area contributed by atoms with Crippen molar-refractivity contribution in [3.8, 4) is 0 Å². The highest BCUT2D eigenvalue weighted by molar-refractivity contribution is 5.69. The van der Waals surface area contributed by atoms with Crippen LogP contribution in [-0.2, 0) is 4.74 Å². The van der Waals surface area contributed by atoms with Gasteiger partial charge in [0.05, 0.1) is 0 Å². The summed E-state index contributed by atoms with van der Waals surface area (Å²) in [5, 5.41) is 3.56. The number of carbonyl (C=O) groups is 1. The standard InChI is InChI=1S/C17H30N2O2/c1-17(2,3)21-16(20)19-11-7-10-15(19)13-18-12-14-8-5-4-6-9-14/h4-5,14-15,18H,6-13H2,1-3H3.